The number of benzene rings is 1. The van der Waals surface area contributed by atoms with Gasteiger partial charge in [0.1, 0.15) is 0 Å². The topological polar surface area (TPSA) is 70.4 Å². The van der Waals surface area contributed by atoms with E-state index in [0.717, 1.165) is 19.4 Å². The fourth-order valence-electron chi connectivity index (χ4n) is 2.51. The van der Waals surface area contributed by atoms with Gasteiger partial charge in [-0.25, -0.2) is 0 Å². The number of piperidine rings is 1. The van der Waals surface area contributed by atoms with Gasteiger partial charge < -0.3 is 15.6 Å². The maximum absolute atomic E-state index is 12.4. The normalized spacial score (nSPS) is 23.4. The fourth-order valence-corrected chi connectivity index (χ4v) is 2.69. The maximum Gasteiger partial charge on any atom is 0.253 e. The number of rotatable bonds is 3. The largest absolute Gasteiger partial charge is 0.349 e. The van der Waals surface area contributed by atoms with Gasteiger partial charge in [-0.2, -0.15) is 0 Å². The van der Waals surface area contributed by atoms with E-state index < -0.39 is 0 Å². The van der Waals surface area contributed by atoms with Crippen molar-refractivity contribution in [3.05, 3.63) is 28.8 Å². The third kappa shape index (κ3) is 3.42. The number of halogens is 1. The first kappa shape index (κ1) is 15.1. The number of hydrogen-bond donors (Lipinski definition) is 3. The Kier molecular flexibility index (Phi) is 4.86. The SMILES string of the molecule is CC1CC(NC(=O)c2cc(Cl)ccc2NN)CCN1C. The van der Waals surface area contributed by atoms with Crippen LogP contribution in [-0.4, -0.2) is 36.5 Å². The van der Waals surface area contributed by atoms with Crippen LogP contribution >= 0.6 is 11.6 Å². The van der Waals surface area contributed by atoms with Crippen LogP contribution in [0.2, 0.25) is 5.02 Å². The third-order valence-electron chi connectivity index (χ3n) is 3.93. The van der Waals surface area contributed by atoms with Crippen molar-refractivity contribution in [1.29, 1.82) is 0 Å². The zero-order chi connectivity index (χ0) is 14.7. The lowest BCUT2D eigenvalue weighted by Gasteiger charge is -2.35. The van der Waals surface area contributed by atoms with Crippen LogP contribution in [0, 0.1) is 0 Å². The molecule has 4 N–H and O–H groups in total. The number of amides is 1. The molecule has 0 bridgehead atoms. The molecule has 1 aliphatic heterocycles. The lowest BCUT2D eigenvalue weighted by Crippen LogP contribution is -2.47. The Hall–Kier alpha value is -1.30. The van der Waals surface area contributed by atoms with Gasteiger partial charge in [-0.15, -0.1) is 0 Å². The van der Waals surface area contributed by atoms with Crippen molar-refractivity contribution in [3.63, 3.8) is 0 Å². The highest BCUT2D eigenvalue weighted by atomic mass is 35.5. The minimum absolute atomic E-state index is 0.137. The molecule has 5 nitrogen and oxygen atoms in total. The molecule has 1 aromatic carbocycles. The minimum Gasteiger partial charge on any atom is -0.349 e. The van der Waals surface area contributed by atoms with Crippen molar-refractivity contribution in [2.45, 2.75) is 31.8 Å². The Morgan fingerprint density at radius 1 is 1.50 bits per heavy atom. The Morgan fingerprint density at radius 2 is 2.25 bits per heavy atom. The fraction of sp³-hybridized carbons (Fsp3) is 0.500. The van der Waals surface area contributed by atoms with E-state index in [1.54, 1.807) is 18.2 Å². The first-order valence-electron chi connectivity index (χ1n) is 6.78. The molecule has 1 heterocycles. The standard InChI is InChI=1S/C14H21ClN4O/c1-9-7-11(5-6-19(9)2)17-14(20)12-8-10(15)3-4-13(12)18-16/h3-4,8-9,11,18H,5-7,16H2,1-2H3,(H,17,20). The summed E-state index contributed by atoms with van der Waals surface area (Å²) in [4.78, 5) is 14.7. The highest BCUT2D eigenvalue weighted by Crippen LogP contribution is 2.21. The van der Waals surface area contributed by atoms with Crippen molar-refractivity contribution in [2.24, 2.45) is 5.84 Å². The summed E-state index contributed by atoms with van der Waals surface area (Å²) in [6, 6.07) is 5.70. The van der Waals surface area contributed by atoms with Crippen molar-refractivity contribution < 1.29 is 4.79 Å². The molecule has 1 fully saturated rings. The van der Waals surface area contributed by atoms with Gasteiger partial charge in [0.2, 0.25) is 0 Å². The number of hydrazine groups is 1. The van der Waals surface area contributed by atoms with Gasteiger partial charge in [0, 0.05) is 23.7 Å². The first-order chi connectivity index (χ1) is 9.51. The van der Waals surface area contributed by atoms with Crippen LogP contribution in [0.4, 0.5) is 5.69 Å². The van der Waals surface area contributed by atoms with E-state index in [-0.39, 0.29) is 11.9 Å². The van der Waals surface area contributed by atoms with Crippen LogP contribution < -0.4 is 16.6 Å². The molecule has 1 aliphatic rings. The highest BCUT2D eigenvalue weighted by Gasteiger charge is 2.24. The predicted molar refractivity (Wildman–Crippen MR) is 81.8 cm³/mol. The molecule has 0 radical (unpaired) electrons. The van der Waals surface area contributed by atoms with Crippen molar-refractivity contribution in [1.82, 2.24) is 10.2 Å². The molecule has 0 aromatic heterocycles. The number of anilines is 1. The molecule has 110 valence electrons. The van der Waals surface area contributed by atoms with Gasteiger partial charge in [-0.05, 0) is 45.0 Å². The molecule has 20 heavy (non-hydrogen) atoms. The van der Waals surface area contributed by atoms with Gasteiger partial charge in [-0.1, -0.05) is 11.6 Å². The maximum atomic E-state index is 12.4. The summed E-state index contributed by atoms with van der Waals surface area (Å²) < 4.78 is 0. The summed E-state index contributed by atoms with van der Waals surface area (Å²) in [5, 5.41) is 3.59. The number of carbonyl (C=O) groups is 1. The molecule has 1 saturated heterocycles. The molecule has 0 saturated carbocycles. The van der Waals surface area contributed by atoms with E-state index in [2.05, 4.69) is 29.6 Å². The molecule has 1 aromatic rings. The molecule has 2 rings (SSSR count). The van der Waals surface area contributed by atoms with Gasteiger partial charge >= 0.3 is 0 Å². The zero-order valence-electron chi connectivity index (χ0n) is 11.8. The summed E-state index contributed by atoms with van der Waals surface area (Å²) in [7, 11) is 2.11. The molecule has 2 unspecified atom stereocenters. The summed E-state index contributed by atoms with van der Waals surface area (Å²) >= 11 is 5.95. The van der Waals surface area contributed by atoms with E-state index in [4.69, 9.17) is 17.4 Å². The lowest BCUT2D eigenvalue weighted by molar-refractivity contribution is 0.0897. The van der Waals surface area contributed by atoms with Gasteiger partial charge in [0.05, 0.1) is 11.3 Å². The number of nitrogens with two attached hydrogens (primary N) is 1. The van der Waals surface area contributed by atoms with E-state index in [1.807, 2.05) is 0 Å². The van der Waals surface area contributed by atoms with Crippen LogP contribution in [0.5, 0.6) is 0 Å². The van der Waals surface area contributed by atoms with Crippen LogP contribution in [0.25, 0.3) is 0 Å². The van der Waals surface area contributed by atoms with E-state index in [9.17, 15) is 4.79 Å². The van der Waals surface area contributed by atoms with Crippen molar-refractivity contribution in [3.8, 4) is 0 Å². The van der Waals surface area contributed by atoms with Crippen molar-refractivity contribution >= 4 is 23.2 Å². The summed E-state index contributed by atoms with van der Waals surface area (Å²) in [5.41, 5.74) is 3.58. The van der Waals surface area contributed by atoms with Gasteiger partial charge in [0.15, 0.2) is 0 Å². The average molecular weight is 297 g/mol. The monoisotopic (exact) mass is 296 g/mol. The summed E-state index contributed by atoms with van der Waals surface area (Å²) in [5.74, 6) is 5.30. The molecule has 0 spiro atoms. The van der Waals surface area contributed by atoms with Crippen LogP contribution in [-0.2, 0) is 0 Å². The number of carbonyl (C=O) groups excluding carboxylic acids is 1. The smallest absolute Gasteiger partial charge is 0.253 e. The van der Waals surface area contributed by atoms with Gasteiger partial charge in [-0.3, -0.25) is 10.6 Å². The number of nitrogen functional groups attached to an aromatic ring is 1. The number of likely N-dealkylation sites (tertiary alicyclic amines) is 1. The number of hydrogen-bond acceptors (Lipinski definition) is 4. The van der Waals surface area contributed by atoms with Crippen LogP contribution in [0.1, 0.15) is 30.1 Å². The zero-order valence-corrected chi connectivity index (χ0v) is 12.6. The quantitative estimate of drug-likeness (QED) is 0.588. The lowest BCUT2D eigenvalue weighted by atomic mass is 9.98. The van der Waals surface area contributed by atoms with Gasteiger partial charge in [0.25, 0.3) is 5.91 Å². The second-order valence-corrected chi connectivity index (χ2v) is 5.80. The first-order valence-corrected chi connectivity index (χ1v) is 7.16. The van der Waals surface area contributed by atoms with Crippen LogP contribution in [0.15, 0.2) is 18.2 Å². The summed E-state index contributed by atoms with van der Waals surface area (Å²) in [6.45, 7) is 3.16. The Morgan fingerprint density at radius 3 is 2.90 bits per heavy atom. The van der Waals surface area contributed by atoms with E-state index >= 15 is 0 Å². The molecule has 0 aliphatic carbocycles. The average Bonchev–Trinajstić information content (AvgIpc) is 2.43. The molecule has 6 heteroatoms. The molecule has 2 atom stereocenters. The Labute approximate surface area is 124 Å². The number of nitrogens with zero attached hydrogens (tertiary/aromatic N) is 1. The second kappa shape index (κ2) is 6.43. The van der Waals surface area contributed by atoms with E-state index in [0.29, 0.717) is 22.3 Å². The molecular weight excluding hydrogens is 276 g/mol. The van der Waals surface area contributed by atoms with Crippen molar-refractivity contribution in [2.75, 3.05) is 19.0 Å². The van der Waals surface area contributed by atoms with Crippen LogP contribution in [0.3, 0.4) is 0 Å². The highest BCUT2D eigenvalue weighted by molar-refractivity contribution is 6.31. The predicted octanol–water partition coefficient (Wildman–Crippen LogP) is 1.84. The third-order valence-corrected chi connectivity index (χ3v) is 4.16. The van der Waals surface area contributed by atoms with E-state index in [1.165, 1.54) is 0 Å². The second-order valence-electron chi connectivity index (χ2n) is 5.36. The Balaban J connectivity index is 2.07. The molecular formula is C14H21ClN4O. The Bertz CT molecular complexity index is 494. The minimum atomic E-state index is -0.137. The summed E-state index contributed by atoms with van der Waals surface area (Å²) in [6.07, 6.45) is 1.91. The molecule has 1 amide bonds. The number of nitrogens with one attached hydrogen (secondary N) is 2.